The summed E-state index contributed by atoms with van der Waals surface area (Å²) in [4.78, 5) is 11.7. The Hall–Kier alpha value is -0.310. The predicted octanol–water partition coefficient (Wildman–Crippen LogP) is 4.58. The quantitative estimate of drug-likeness (QED) is 0.184. The van der Waals surface area contributed by atoms with Gasteiger partial charge in [-0.25, -0.2) is 0 Å². The first-order chi connectivity index (χ1) is 12.3. The van der Waals surface area contributed by atoms with E-state index in [1.54, 1.807) is 0 Å². The van der Waals surface area contributed by atoms with E-state index in [2.05, 4.69) is 6.92 Å². The van der Waals surface area contributed by atoms with E-state index in [0.29, 0.717) is 12.2 Å². The predicted molar refractivity (Wildman–Crippen MR) is 108 cm³/mol. The average molecular weight is 371 g/mol. The Morgan fingerprint density at radius 1 is 0.731 bits per heavy atom. The van der Waals surface area contributed by atoms with Crippen molar-refractivity contribution in [3.63, 3.8) is 0 Å². The Labute approximate surface area is 185 Å². The number of carbonyl (C=O) groups is 1. The first kappa shape index (κ1) is 25.7. The minimum Gasteiger partial charge on any atom is -1.00 e. The Kier molecular flexibility index (Phi) is 19.2. The molecule has 0 aromatic heterocycles. The molecule has 1 aromatic carbocycles. The van der Waals surface area contributed by atoms with Gasteiger partial charge in [-0.3, -0.25) is 4.79 Å². The van der Waals surface area contributed by atoms with Crippen molar-refractivity contribution < 1.29 is 40.5 Å². The SMILES string of the molecule is CCCCCCCCCCCCCCCCC(=O)Oc1ccccc1.[H-].[Na+]. The topological polar surface area (TPSA) is 26.3 Å². The van der Waals surface area contributed by atoms with Crippen LogP contribution in [0.2, 0.25) is 0 Å². The van der Waals surface area contributed by atoms with Crippen molar-refractivity contribution in [1.82, 2.24) is 0 Å². The van der Waals surface area contributed by atoms with Crippen molar-refractivity contribution in [2.75, 3.05) is 0 Å². The minimum absolute atomic E-state index is 0. The maximum atomic E-state index is 11.7. The summed E-state index contributed by atoms with van der Waals surface area (Å²) in [7, 11) is 0. The van der Waals surface area contributed by atoms with Gasteiger partial charge < -0.3 is 6.16 Å². The summed E-state index contributed by atoms with van der Waals surface area (Å²) in [5.41, 5.74) is 0. The van der Waals surface area contributed by atoms with Crippen LogP contribution in [0.25, 0.3) is 0 Å². The van der Waals surface area contributed by atoms with E-state index >= 15 is 0 Å². The second kappa shape index (κ2) is 19.5. The van der Waals surface area contributed by atoms with Gasteiger partial charge in [0.25, 0.3) is 0 Å². The van der Waals surface area contributed by atoms with Gasteiger partial charge >= 0.3 is 35.5 Å². The summed E-state index contributed by atoms with van der Waals surface area (Å²) >= 11 is 0. The number of ether oxygens (including phenoxy) is 1. The van der Waals surface area contributed by atoms with Gasteiger partial charge in [-0.1, -0.05) is 109 Å². The summed E-state index contributed by atoms with van der Waals surface area (Å²) in [5.74, 6) is 0.544. The molecule has 0 unspecified atom stereocenters. The van der Waals surface area contributed by atoms with Crippen molar-refractivity contribution in [3.8, 4) is 5.75 Å². The van der Waals surface area contributed by atoms with Crippen molar-refractivity contribution in [1.29, 1.82) is 0 Å². The molecule has 0 spiro atoms. The van der Waals surface area contributed by atoms with E-state index < -0.39 is 0 Å². The molecule has 0 heterocycles. The molecule has 0 fully saturated rings. The van der Waals surface area contributed by atoms with Gasteiger partial charge in [0.2, 0.25) is 0 Å². The fourth-order valence-corrected chi connectivity index (χ4v) is 3.13. The smallest absolute Gasteiger partial charge is 1.00 e. The number of para-hydroxylation sites is 1. The fourth-order valence-electron chi connectivity index (χ4n) is 3.13. The molecule has 26 heavy (non-hydrogen) atoms. The van der Waals surface area contributed by atoms with Crippen molar-refractivity contribution in [3.05, 3.63) is 30.3 Å². The van der Waals surface area contributed by atoms with Crippen LogP contribution in [0, 0.1) is 0 Å². The van der Waals surface area contributed by atoms with Crippen molar-refractivity contribution in [2.24, 2.45) is 0 Å². The van der Waals surface area contributed by atoms with Crippen LogP contribution in [0.3, 0.4) is 0 Å². The van der Waals surface area contributed by atoms with Crippen LogP contribution in [-0.2, 0) is 4.79 Å². The summed E-state index contributed by atoms with van der Waals surface area (Å²) in [5, 5.41) is 0. The van der Waals surface area contributed by atoms with Crippen LogP contribution in [0.5, 0.6) is 5.75 Å². The maximum Gasteiger partial charge on any atom is 1.00 e. The Balaban J connectivity index is 0. The van der Waals surface area contributed by atoms with E-state index in [-0.39, 0.29) is 37.0 Å². The van der Waals surface area contributed by atoms with Crippen LogP contribution in [0.4, 0.5) is 0 Å². The Morgan fingerprint density at radius 2 is 1.15 bits per heavy atom. The van der Waals surface area contributed by atoms with Gasteiger partial charge in [0.05, 0.1) is 0 Å². The first-order valence-electron chi connectivity index (χ1n) is 10.6. The monoisotopic (exact) mass is 370 g/mol. The summed E-state index contributed by atoms with van der Waals surface area (Å²) in [6.45, 7) is 2.27. The Morgan fingerprint density at radius 3 is 1.62 bits per heavy atom. The standard InChI is InChI=1S/C23H38O2.Na.H/c1-2-3-4-5-6-7-8-9-10-11-12-13-14-18-21-23(24)25-22-19-16-15-17-20-22;;/h15-17,19-20H,2-14,18,21H2,1H3;;/q;+1;-1. The molecule has 1 aromatic rings. The van der Waals surface area contributed by atoms with Crippen molar-refractivity contribution >= 4 is 5.97 Å². The number of benzene rings is 1. The molecule has 0 amide bonds. The van der Waals surface area contributed by atoms with E-state index in [0.717, 1.165) is 12.8 Å². The van der Waals surface area contributed by atoms with Gasteiger partial charge in [-0.05, 0) is 18.6 Å². The second-order valence-corrected chi connectivity index (χ2v) is 7.13. The van der Waals surface area contributed by atoms with Gasteiger partial charge in [0.1, 0.15) is 5.75 Å². The third kappa shape index (κ3) is 15.9. The molecule has 0 saturated carbocycles. The summed E-state index contributed by atoms with van der Waals surface area (Å²) < 4.78 is 5.29. The molecule has 0 aliphatic heterocycles. The molecule has 0 aliphatic carbocycles. The van der Waals surface area contributed by atoms with Crippen molar-refractivity contribution in [2.45, 2.75) is 103 Å². The number of rotatable bonds is 16. The molecule has 0 N–H and O–H groups in total. The van der Waals surface area contributed by atoms with Crippen LogP contribution in [0.1, 0.15) is 105 Å². The zero-order chi connectivity index (χ0) is 18.0. The van der Waals surface area contributed by atoms with E-state index in [4.69, 9.17) is 4.74 Å². The van der Waals surface area contributed by atoms with Gasteiger partial charge in [-0.15, -0.1) is 0 Å². The van der Waals surface area contributed by atoms with E-state index in [1.165, 1.54) is 77.0 Å². The van der Waals surface area contributed by atoms with E-state index in [1.807, 2.05) is 30.3 Å². The fraction of sp³-hybridized carbons (Fsp3) is 0.696. The zero-order valence-electron chi connectivity index (χ0n) is 18.3. The van der Waals surface area contributed by atoms with Gasteiger partial charge in [0, 0.05) is 6.42 Å². The number of hydrogen-bond donors (Lipinski definition) is 0. The Bertz CT molecular complexity index is 426. The number of carbonyl (C=O) groups excluding carboxylic acids is 1. The molecular formula is C23H39NaO2. The second-order valence-electron chi connectivity index (χ2n) is 7.13. The molecule has 2 nitrogen and oxygen atoms in total. The zero-order valence-corrected chi connectivity index (χ0v) is 19.3. The largest absolute Gasteiger partial charge is 1.00 e. The molecule has 144 valence electrons. The summed E-state index contributed by atoms with van der Waals surface area (Å²) in [6, 6.07) is 9.33. The van der Waals surface area contributed by atoms with Crippen LogP contribution in [-0.4, -0.2) is 5.97 Å². The number of esters is 1. The molecule has 0 radical (unpaired) electrons. The molecule has 1 rings (SSSR count). The third-order valence-corrected chi connectivity index (χ3v) is 4.71. The molecule has 0 saturated heterocycles. The summed E-state index contributed by atoms with van der Waals surface area (Å²) in [6.07, 6.45) is 19.2. The van der Waals surface area contributed by atoms with Gasteiger partial charge in [0.15, 0.2) is 0 Å². The number of hydrogen-bond acceptors (Lipinski definition) is 2. The average Bonchev–Trinajstić information content (AvgIpc) is 2.63. The van der Waals surface area contributed by atoms with Gasteiger partial charge in [-0.2, -0.15) is 0 Å². The molecule has 3 heteroatoms. The number of unbranched alkanes of at least 4 members (excludes halogenated alkanes) is 13. The molecule has 0 bridgehead atoms. The van der Waals surface area contributed by atoms with Crippen LogP contribution in [0.15, 0.2) is 30.3 Å². The third-order valence-electron chi connectivity index (χ3n) is 4.71. The first-order valence-corrected chi connectivity index (χ1v) is 10.6. The van der Waals surface area contributed by atoms with Crippen LogP contribution >= 0.6 is 0 Å². The molecular weight excluding hydrogens is 331 g/mol. The van der Waals surface area contributed by atoms with Crippen LogP contribution < -0.4 is 34.3 Å². The maximum absolute atomic E-state index is 11.7. The normalized spacial score (nSPS) is 10.3. The molecule has 0 aliphatic rings. The van der Waals surface area contributed by atoms with E-state index in [9.17, 15) is 4.79 Å². The molecule has 0 atom stereocenters. The minimum atomic E-state index is -0.106.